The fourth-order valence-corrected chi connectivity index (χ4v) is 3.60. The van der Waals surface area contributed by atoms with Crippen molar-refractivity contribution in [1.82, 2.24) is 10.2 Å². The van der Waals surface area contributed by atoms with Crippen LogP contribution in [0.5, 0.6) is 0 Å². The van der Waals surface area contributed by atoms with Crippen LogP contribution in [0.1, 0.15) is 39.5 Å². The number of likely N-dealkylation sites (tertiary alicyclic amines) is 1. The highest BCUT2D eigenvalue weighted by atomic mass is 15.2. The summed E-state index contributed by atoms with van der Waals surface area (Å²) in [4.78, 5) is 2.68. The molecule has 2 aliphatic rings. The van der Waals surface area contributed by atoms with Crippen molar-refractivity contribution in [1.29, 1.82) is 0 Å². The monoisotopic (exact) mass is 239 g/mol. The zero-order chi connectivity index (χ0) is 12.3. The van der Waals surface area contributed by atoms with Gasteiger partial charge in [0.15, 0.2) is 0 Å². The number of nitrogens with one attached hydrogen (secondary N) is 1. The largest absolute Gasteiger partial charge is 0.330 e. The van der Waals surface area contributed by atoms with Crippen molar-refractivity contribution in [3.8, 4) is 0 Å². The summed E-state index contributed by atoms with van der Waals surface area (Å²) < 4.78 is 0. The third-order valence-electron chi connectivity index (χ3n) is 4.59. The van der Waals surface area contributed by atoms with Crippen LogP contribution in [0.3, 0.4) is 0 Å². The van der Waals surface area contributed by atoms with E-state index in [1.54, 1.807) is 0 Å². The van der Waals surface area contributed by atoms with E-state index in [0.717, 1.165) is 37.4 Å². The van der Waals surface area contributed by atoms with Crippen molar-refractivity contribution in [2.75, 3.05) is 26.2 Å². The predicted octanol–water partition coefficient (Wildman–Crippen LogP) is 1.43. The van der Waals surface area contributed by atoms with Crippen LogP contribution in [-0.2, 0) is 0 Å². The number of hydrogen-bond donors (Lipinski definition) is 2. The molecule has 3 heteroatoms. The van der Waals surface area contributed by atoms with Gasteiger partial charge in [0.25, 0.3) is 0 Å². The average molecular weight is 239 g/mol. The topological polar surface area (TPSA) is 41.3 Å². The van der Waals surface area contributed by atoms with E-state index < -0.39 is 0 Å². The highest BCUT2D eigenvalue weighted by molar-refractivity contribution is 4.95. The first-order chi connectivity index (χ1) is 8.22. The molecule has 0 aromatic rings. The number of rotatable bonds is 5. The van der Waals surface area contributed by atoms with Crippen LogP contribution in [0.2, 0.25) is 0 Å². The first kappa shape index (κ1) is 13.3. The molecule has 0 spiro atoms. The van der Waals surface area contributed by atoms with E-state index in [2.05, 4.69) is 24.1 Å². The van der Waals surface area contributed by atoms with Crippen LogP contribution in [0.15, 0.2) is 0 Å². The number of hydrogen-bond acceptors (Lipinski definition) is 3. The van der Waals surface area contributed by atoms with Crippen molar-refractivity contribution in [2.24, 2.45) is 17.6 Å². The first-order valence-corrected chi connectivity index (χ1v) is 7.40. The molecule has 1 aliphatic heterocycles. The lowest BCUT2D eigenvalue weighted by atomic mass is 9.73. The second-order valence-electron chi connectivity index (χ2n) is 6.12. The number of nitrogens with zero attached hydrogens (tertiary/aromatic N) is 1. The normalized spacial score (nSPS) is 34.2. The average Bonchev–Trinajstić information content (AvgIpc) is 2.28. The van der Waals surface area contributed by atoms with Crippen LogP contribution in [0.4, 0.5) is 0 Å². The Kier molecular flexibility index (Phi) is 4.83. The molecule has 17 heavy (non-hydrogen) atoms. The maximum atomic E-state index is 5.57. The third-order valence-corrected chi connectivity index (χ3v) is 4.59. The van der Waals surface area contributed by atoms with Gasteiger partial charge in [-0.1, -0.05) is 6.42 Å². The SMILES string of the molecule is CC(C)N1CC2CCCC(C1)C2NCCCN. The molecule has 0 amide bonds. The van der Waals surface area contributed by atoms with Gasteiger partial charge in [-0.3, -0.25) is 0 Å². The Hall–Kier alpha value is -0.120. The fraction of sp³-hybridized carbons (Fsp3) is 1.00. The molecule has 1 aliphatic carbocycles. The smallest absolute Gasteiger partial charge is 0.0148 e. The molecule has 2 unspecified atom stereocenters. The van der Waals surface area contributed by atoms with Gasteiger partial charge in [-0.25, -0.2) is 0 Å². The highest BCUT2D eigenvalue weighted by Crippen LogP contribution is 2.35. The van der Waals surface area contributed by atoms with E-state index >= 15 is 0 Å². The minimum absolute atomic E-state index is 0.711. The van der Waals surface area contributed by atoms with Gasteiger partial charge < -0.3 is 16.0 Å². The second kappa shape index (κ2) is 6.17. The van der Waals surface area contributed by atoms with Crippen molar-refractivity contribution < 1.29 is 0 Å². The van der Waals surface area contributed by atoms with Gasteiger partial charge in [0.2, 0.25) is 0 Å². The van der Waals surface area contributed by atoms with Crippen LogP contribution >= 0.6 is 0 Å². The molecule has 0 aromatic heterocycles. The lowest BCUT2D eigenvalue weighted by Crippen LogP contribution is -2.58. The van der Waals surface area contributed by atoms with Crippen molar-refractivity contribution >= 4 is 0 Å². The molecule has 1 saturated heterocycles. The van der Waals surface area contributed by atoms with Crippen molar-refractivity contribution in [3.05, 3.63) is 0 Å². The molecule has 3 nitrogen and oxygen atoms in total. The zero-order valence-corrected chi connectivity index (χ0v) is 11.5. The van der Waals surface area contributed by atoms with Crippen LogP contribution in [0, 0.1) is 11.8 Å². The van der Waals surface area contributed by atoms with E-state index in [0.29, 0.717) is 6.04 Å². The number of piperidine rings is 1. The number of nitrogens with two attached hydrogens (primary N) is 1. The molecule has 100 valence electrons. The molecule has 1 saturated carbocycles. The molecule has 3 N–H and O–H groups in total. The summed E-state index contributed by atoms with van der Waals surface area (Å²) >= 11 is 0. The van der Waals surface area contributed by atoms with E-state index in [9.17, 15) is 0 Å². The summed E-state index contributed by atoms with van der Waals surface area (Å²) in [5.74, 6) is 1.75. The van der Waals surface area contributed by atoms with Gasteiger partial charge in [0.05, 0.1) is 0 Å². The molecule has 2 rings (SSSR count). The van der Waals surface area contributed by atoms with Crippen LogP contribution in [-0.4, -0.2) is 43.2 Å². The van der Waals surface area contributed by atoms with Gasteiger partial charge in [-0.15, -0.1) is 0 Å². The van der Waals surface area contributed by atoms with E-state index in [-0.39, 0.29) is 0 Å². The predicted molar refractivity (Wildman–Crippen MR) is 73.0 cm³/mol. The molecular weight excluding hydrogens is 210 g/mol. The van der Waals surface area contributed by atoms with Gasteiger partial charge in [-0.2, -0.15) is 0 Å². The second-order valence-corrected chi connectivity index (χ2v) is 6.12. The van der Waals surface area contributed by atoms with Gasteiger partial charge in [-0.05, 0) is 58.0 Å². The minimum atomic E-state index is 0.711. The van der Waals surface area contributed by atoms with Gasteiger partial charge in [0, 0.05) is 25.2 Å². The number of fused-ring (bicyclic) bond motifs is 2. The summed E-state index contributed by atoms with van der Waals surface area (Å²) in [5, 5.41) is 3.78. The lowest BCUT2D eigenvalue weighted by molar-refractivity contribution is 0.0298. The van der Waals surface area contributed by atoms with Crippen LogP contribution < -0.4 is 11.1 Å². The van der Waals surface area contributed by atoms with E-state index in [1.165, 1.54) is 32.4 Å². The minimum Gasteiger partial charge on any atom is -0.330 e. The Morgan fingerprint density at radius 1 is 1.24 bits per heavy atom. The Balaban J connectivity index is 1.90. The molecule has 0 aromatic carbocycles. The Morgan fingerprint density at radius 3 is 2.41 bits per heavy atom. The maximum Gasteiger partial charge on any atom is 0.0148 e. The molecular formula is C14H29N3. The maximum absolute atomic E-state index is 5.57. The third kappa shape index (κ3) is 3.21. The van der Waals surface area contributed by atoms with E-state index in [1.807, 2.05) is 0 Å². The summed E-state index contributed by atoms with van der Waals surface area (Å²) in [6.45, 7) is 9.18. The molecule has 1 heterocycles. The lowest BCUT2D eigenvalue weighted by Gasteiger charge is -2.49. The summed E-state index contributed by atoms with van der Waals surface area (Å²) in [5.41, 5.74) is 5.57. The fourth-order valence-electron chi connectivity index (χ4n) is 3.60. The molecule has 0 radical (unpaired) electrons. The van der Waals surface area contributed by atoms with Gasteiger partial charge >= 0.3 is 0 Å². The molecule has 2 atom stereocenters. The zero-order valence-electron chi connectivity index (χ0n) is 11.5. The standard InChI is InChI=1S/C14H29N3/c1-11(2)17-9-12-5-3-6-13(10-17)14(12)16-8-4-7-15/h11-14,16H,3-10,15H2,1-2H3. The van der Waals surface area contributed by atoms with Crippen LogP contribution in [0.25, 0.3) is 0 Å². The van der Waals surface area contributed by atoms with Crippen molar-refractivity contribution in [2.45, 2.75) is 51.6 Å². The quantitative estimate of drug-likeness (QED) is 0.713. The summed E-state index contributed by atoms with van der Waals surface area (Å²) in [7, 11) is 0. The first-order valence-electron chi connectivity index (χ1n) is 7.40. The highest BCUT2D eigenvalue weighted by Gasteiger charge is 2.39. The summed E-state index contributed by atoms with van der Waals surface area (Å²) in [6, 6.07) is 1.48. The summed E-state index contributed by atoms with van der Waals surface area (Å²) in [6.07, 6.45) is 5.39. The Bertz CT molecular complexity index is 216. The molecule has 2 bridgehead atoms. The van der Waals surface area contributed by atoms with E-state index in [4.69, 9.17) is 5.73 Å². The Labute approximate surface area is 106 Å². The Morgan fingerprint density at radius 2 is 1.88 bits per heavy atom. The molecule has 2 fully saturated rings. The van der Waals surface area contributed by atoms with Crippen molar-refractivity contribution in [3.63, 3.8) is 0 Å². The van der Waals surface area contributed by atoms with Gasteiger partial charge in [0.1, 0.15) is 0 Å².